The maximum Gasteiger partial charge on any atom is 0.326 e. The minimum atomic E-state index is -4.51. The van der Waals surface area contributed by atoms with Gasteiger partial charge in [-0.2, -0.15) is 15.2 Å². The van der Waals surface area contributed by atoms with Crippen LogP contribution in [0.25, 0.3) is 0 Å². The van der Waals surface area contributed by atoms with E-state index in [1.165, 1.54) is 43.3 Å². The average Bonchev–Trinajstić information content (AvgIpc) is 2.71. The molecule has 30 heavy (non-hydrogen) atoms. The first-order valence-electron chi connectivity index (χ1n) is 8.57. The van der Waals surface area contributed by atoms with Gasteiger partial charge in [0, 0.05) is 18.2 Å². The molecule has 0 aromatic heterocycles. The molecule has 0 radical (unpaired) electrons. The van der Waals surface area contributed by atoms with Crippen molar-refractivity contribution >= 4 is 39.0 Å². The zero-order valence-corrected chi connectivity index (χ0v) is 17.2. The smallest absolute Gasteiger partial charge is 0.326 e. The highest BCUT2D eigenvalue weighted by molar-refractivity contribution is 7.89. The van der Waals surface area contributed by atoms with Crippen molar-refractivity contribution in [2.75, 3.05) is 6.61 Å². The summed E-state index contributed by atoms with van der Waals surface area (Å²) in [6.07, 6.45) is 0. The second-order valence-electron chi connectivity index (χ2n) is 5.98. The zero-order valence-electron chi connectivity index (χ0n) is 15.6. The molecule has 0 spiro atoms. The fourth-order valence-corrected chi connectivity index (χ4v) is 4.38. The molecule has 0 heterocycles. The van der Waals surface area contributed by atoms with Crippen LogP contribution < -0.4 is 15.2 Å². The second-order valence-corrected chi connectivity index (χ2v) is 8.14. The van der Waals surface area contributed by atoms with Crippen LogP contribution in [0.3, 0.4) is 0 Å². The van der Waals surface area contributed by atoms with E-state index in [0.717, 1.165) is 12.1 Å². The van der Waals surface area contributed by atoms with Gasteiger partial charge in [-0.1, -0.05) is 24.3 Å². The topological polar surface area (TPSA) is 168 Å². The fraction of sp³-hybridized carbons (Fsp3) is 0.235. The molecular formula is C17H20ClN3O8S. The molecule has 0 bridgehead atoms. The molecule has 0 aliphatic heterocycles. The first-order chi connectivity index (χ1) is 14.1. The van der Waals surface area contributed by atoms with Crippen molar-refractivity contribution in [1.29, 1.82) is 0 Å². The zero-order chi connectivity index (χ0) is 22.5. The summed E-state index contributed by atoms with van der Waals surface area (Å²) < 4.78 is 32.7. The minimum absolute atomic E-state index is 0.0679. The van der Waals surface area contributed by atoms with Crippen molar-refractivity contribution in [2.45, 2.75) is 23.2 Å². The first-order valence-corrected chi connectivity index (χ1v) is 10.5. The van der Waals surface area contributed by atoms with Gasteiger partial charge >= 0.3 is 5.97 Å². The van der Waals surface area contributed by atoms with E-state index in [2.05, 4.69) is 4.72 Å². The highest BCUT2D eigenvalue weighted by atomic mass is 35.5. The van der Waals surface area contributed by atoms with Crippen LogP contribution in [0.2, 0.25) is 0 Å². The number of quaternary nitrogens is 2. The van der Waals surface area contributed by atoms with E-state index < -0.39 is 48.4 Å². The summed E-state index contributed by atoms with van der Waals surface area (Å²) in [5.74, 6) is -1.00. The van der Waals surface area contributed by atoms with E-state index in [-0.39, 0.29) is 17.9 Å². The Balaban J connectivity index is 2.45. The molecule has 13 heteroatoms. The predicted molar refractivity (Wildman–Crippen MR) is 104 cm³/mol. The van der Waals surface area contributed by atoms with Gasteiger partial charge in [0.05, 0.1) is 12.0 Å². The Morgan fingerprint density at radius 1 is 1.17 bits per heavy atom. The summed E-state index contributed by atoms with van der Waals surface area (Å²) in [4.78, 5) is 11.9. The Kier molecular flexibility index (Phi) is 8.25. The molecule has 11 nitrogen and oxygen atoms in total. The number of halogens is 1. The molecule has 5 N–H and O–H groups in total. The predicted octanol–water partition coefficient (Wildman–Crippen LogP) is -0.316. The average molecular weight is 462 g/mol. The Labute approximate surface area is 177 Å². The van der Waals surface area contributed by atoms with Crippen LogP contribution in [-0.4, -0.2) is 37.5 Å². The number of rotatable bonds is 9. The number of alkyl halides is 1. The van der Waals surface area contributed by atoms with Crippen molar-refractivity contribution < 1.29 is 38.8 Å². The number of hydrogen-bond donors (Lipinski definition) is 5. The number of ether oxygens (including phenoxy) is 1. The Morgan fingerprint density at radius 2 is 1.83 bits per heavy atom. The summed E-state index contributed by atoms with van der Waals surface area (Å²) >= 11 is 6.34. The molecule has 0 aliphatic rings. The Morgan fingerprint density at radius 3 is 2.43 bits per heavy atom. The van der Waals surface area contributed by atoms with Crippen LogP contribution >= 0.6 is 11.6 Å². The highest BCUT2D eigenvalue weighted by Crippen LogP contribution is 2.28. The van der Waals surface area contributed by atoms with E-state index in [9.17, 15) is 28.8 Å². The summed E-state index contributed by atoms with van der Waals surface area (Å²) in [5, 5.41) is 36.9. The number of carbonyl (C=O) groups is 1. The SMILES string of the molecule is CCOC(=O)[C@H](NS(=O)(=O)c1ccccc1[NH+]([O-])O)[C@H](Cl)c1cccc([NH+]([O-])O)c1. The van der Waals surface area contributed by atoms with Gasteiger partial charge in [0.25, 0.3) is 0 Å². The third-order valence-corrected chi connectivity index (χ3v) is 5.98. The third kappa shape index (κ3) is 5.72. The molecule has 2 rings (SSSR count). The van der Waals surface area contributed by atoms with Gasteiger partial charge in [0.1, 0.15) is 10.9 Å². The third-order valence-electron chi connectivity index (χ3n) is 3.97. The minimum Gasteiger partial charge on any atom is -0.595 e. The molecule has 4 atom stereocenters. The van der Waals surface area contributed by atoms with Crippen molar-refractivity contribution in [1.82, 2.24) is 4.72 Å². The molecule has 0 saturated carbocycles. The summed E-state index contributed by atoms with van der Waals surface area (Å²) in [6, 6.07) is 8.53. The van der Waals surface area contributed by atoms with E-state index in [4.69, 9.17) is 21.5 Å². The highest BCUT2D eigenvalue weighted by Gasteiger charge is 2.36. The number of nitrogens with one attached hydrogen (secondary N) is 3. The normalized spacial score (nSPS) is 15.8. The van der Waals surface area contributed by atoms with Gasteiger partial charge in [-0.05, 0) is 18.6 Å². The molecule has 164 valence electrons. The van der Waals surface area contributed by atoms with Crippen LogP contribution in [-0.2, 0) is 19.6 Å². The number of carbonyl (C=O) groups excluding carboxylic acids is 1. The maximum absolute atomic E-state index is 12.9. The summed E-state index contributed by atoms with van der Waals surface area (Å²) in [5.41, 5.74) is -0.449. The lowest BCUT2D eigenvalue weighted by atomic mass is 10.1. The number of benzene rings is 2. The molecule has 0 amide bonds. The van der Waals surface area contributed by atoms with E-state index >= 15 is 0 Å². The summed E-state index contributed by atoms with van der Waals surface area (Å²) in [6.45, 7) is 1.44. The van der Waals surface area contributed by atoms with E-state index in [1.54, 1.807) is 0 Å². The van der Waals surface area contributed by atoms with Crippen LogP contribution in [0.5, 0.6) is 0 Å². The van der Waals surface area contributed by atoms with Gasteiger partial charge in [0.15, 0.2) is 11.4 Å². The fourth-order valence-electron chi connectivity index (χ4n) is 2.60. The van der Waals surface area contributed by atoms with E-state index in [0.29, 0.717) is 0 Å². The molecule has 2 aromatic carbocycles. The van der Waals surface area contributed by atoms with Gasteiger partial charge < -0.3 is 15.2 Å². The first kappa shape index (κ1) is 24.1. The summed E-state index contributed by atoms with van der Waals surface area (Å²) in [7, 11) is -4.51. The van der Waals surface area contributed by atoms with Crippen molar-refractivity contribution in [3.63, 3.8) is 0 Å². The molecule has 0 fully saturated rings. The molecule has 2 unspecified atom stereocenters. The van der Waals surface area contributed by atoms with Crippen LogP contribution in [0.4, 0.5) is 11.4 Å². The molecule has 0 saturated heterocycles. The largest absolute Gasteiger partial charge is 0.595 e. The molecule has 2 aromatic rings. The van der Waals surface area contributed by atoms with Crippen molar-refractivity contribution in [3.8, 4) is 0 Å². The van der Waals surface area contributed by atoms with Gasteiger partial charge in [0.2, 0.25) is 10.0 Å². The van der Waals surface area contributed by atoms with Gasteiger partial charge in [-0.25, -0.2) is 18.8 Å². The van der Waals surface area contributed by atoms with Crippen LogP contribution in [0.15, 0.2) is 53.4 Å². The molecular weight excluding hydrogens is 442 g/mol. The lowest BCUT2D eigenvalue weighted by Gasteiger charge is -2.23. The second kappa shape index (κ2) is 10.3. The monoisotopic (exact) mass is 461 g/mol. The van der Waals surface area contributed by atoms with Crippen LogP contribution in [0, 0.1) is 10.4 Å². The standard InChI is InChI=1S/C17H20ClN3O8S/c1-2-29-17(22)16(15(18)11-6-5-7-12(10-11)20(23)24)19-30(27,28)14-9-4-3-8-13(14)21(25)26/h3-10,15-16,19-21,23,25H,2H2,1H3/t15-,16-/m1/s1. The quantitative estimate of drug-likeness (QED) is 0.192. The lowest BCUT2D eigenvalue weighted by molar-refractivity contribution is -0.992. The van der Waals surface area contributed by atoms with Crippen molar-refractivity contribution in [3.05, 3.63) is 64.5 Å². The lowest BCUT2D eigenvalue weighted by Crippen LogP contribution is -2.99. The van der Waals surface area contributed by atoms with Crippen molar-refractivity contribution in [2.24, 2.45) is 0 Å². The number of para-hydroxylation sites is 1. The number of hydrogen-bond acceptors (Lipinski definition) is 8. The van der Waals surface area contributed by atoms with E-state index in [1.807, 2.05) is 0 Å². The number of sulfonamides is 1. The Hall–Kier alpha value is -2.13. The molecule has 0 aliphatic carbocycles. The maximum atomic E-state index is 12.9. The van der Waals surface area contributed by atoms with Gasteiger partial charge in [-0.3, -0.25) is 4.79 Å². The van der Waals surface area contributed by atoms with Crippen LogP contribution in [0.1, 0.15) is 17.9 Å². The number of esters is 1. The van der Waals surface area contributed by atoms with Gasteiger partial charge in [-0.15, -0.1) is 11.6 Å². The Bertz CT molecular complexity index is 986.